The minimum Gasteiger partial charge on any atom is -0.478 e. The summed E-state index contributed by atoms with van der Waals surface area (Å²) in [6, 6.07) is 6.23. The molecule has 122 valence electrons. The number of carboxylic acid groups (broad SMARTS) is 1. The molecule has 0 atom stereocenters. The third-order valence-corrected chi connectivity index (χ3v) is 5.96. The molecule has 0 bridgehead atoms. The average Bonchev–Trinajstić information content (AvgIpc) is 2.45. The quantitative estimate of drug-likeness (QED) is 0.842. The first-order valence-corrected chi connectivity index (χ1v) is 9.25. The second kappa shape index (κ2) is 6.79. The summed E-state index contributed by atoms with van der Waals surface area (Å²) in [6.45, 7) is 2.24. The number of carbonyl (C=O) groups is 1. The molecule has 2 rings (SSSR count). The summed E-state index contributed by atoms with van der Waals surface area (Å²) < 4.78 is 27.1. The molecule has 1 aromatic carbocycles. The zero-order chi connectivity index (χ0) is 16.2. The number of carboxylic acids is 1. The Morgan fingerprint density at radius 3 is 2.32 bits per heavy atom. The van der Waals surface area contributed by atoms with Crippen molar-refractivity contribution >= 4 is 16.0 Å². The molecule has 22 heavy (non-hydrogen) atoms. The van der Waals surface area contributed by atoms with E-state index < -0.39 is 16.0 Å². The molecule has 5 nitrogen and oxygen atoms in total. The van der Waals surface area contributed by atoms with Gasteiger partial charge in [0.2, 0.25) is 10.0 Å². The van der Waals surface area contributed by atoms with Gasteiger partial charge in [0.25, 0.3) is 0 Å². The number of benzene rings is 1. The van der Waals surface area contributed by atoms with Crippen LogP contribution in [-0.2, 0) is 16.6 Å². The van der Waals surface area contributed by atoms with Gasteiger partial charge in [0.1, 0.15) is 0 Å². The van der Waals surface area contributed by atoms with E-state index in [1.807, 2.05) is 6.92 Å². The number of sulfonamides is 1. The van der Waals surface area contributed by atoms with Gasteiger partial charge in [-0.1, -0.05) is 38.3 Å². The van der Waals surface area contributed by atoms with Gasteiger partial charge in [0.15, 0.2) is 0 Å². The largest absolute Gasteiger partial charge is 0.478 e. The SMILES string of the molecule is CC1(CS(=O)(=O)NCc2ccc(C(=O)O)cc2)CCCCC1. The standard InChI is InChI=1S/C16H23NO4S/c1-16(9-3-2-4-10-16)12-22(20,21)17-11-13-5-7-14(8-6-13)15(18)19/h5-8,17H,2-4,9-12H2,1H3,(H,18,19). The summed E-state index contributed by atoms with van der Waals surface area (Å²) in [5, 5.41) is 8.83. The fourth-order valence-corrected chi connectivity index (χ4v) is 4.71. The number of hydrogen-bond acceptors (Lipinski definition) is 3. The highest BCUT2D eigenvalue weighted by molar-refractivity contribution is 7.89. The van der Waals surface area contributed by atoms with E-state index in [1.165, 1.54) is 18.6 Å². The summed E-state index contributed by atoms with van der Waals surface area (Å²) in [7, 11) is -3.33. The van der Waals surface area contributed by atoms with Crippen LogP contribution in [0.25, 0.3) is 0 Å². The van der Waals surface area contributed by atoms with Gasteiger partial charge in [0.05, 0.1) is 11.3 Å². The molecule has 0 heterocycles. The molecule has 1 saturated carbocycles. The van der Waals surface area contributed by atoms with Crippen molar-refractivity contribution in [3.05, 3.63) is 35.4 Å². The van der Waals surface area contributed by atoms with Crippen LogP contribution in [0, 0.1) is 5.41 Å². The molecule has 0 aromatic heterocycles. The van der Waals surface area contributed by atoms with Crippen LogP contribution in [0.1, 0.15) is 54.9 Å². The van der Waals surface area contributed by atoms with Gasteiger partial charge < -0.3 is 5.11 Å². The van der Waals surface area contributed by atoms with Crippen LogP contribution < -0.4 is 4.72 Å². The summed E-state index contributed by atoms with van der Waals surface area (Å²) >= 11 is 0. The van der Waals surface area contributed by atoms with Crippen LogP contribution in [-0.4, -0.2) is 25.2 Å². The third kappa shape index (κ3) is 4.81. The maximum absolute atomic E-state index is 12.2. The first-order valence-electron chi connectivity index (χ1n) is 7.59. The Morgan fingerprint density at radius 2 is 1.77 bits per heavy atom. The monoisotopic (exact) mass is 325 g/mol. The molecule has 0 amide bonds. The number of aromatic carboxylic acids is 1. The van der Waals surface area contributed by atoms with E-state index in [1.54, 1.807) is 12.1 Å². The second-order valence-electron chi connectivity index (χ2n) is 6.45. The lowest BCUT2D eigenvalue weighted by atomic mass is 9.77. The van der Waals surface area contributed by atoms with Crippen LogP contribution in [0.2, 0.25) is 0 Å². The van der Waals surface area contributed by atoms with E-state index in [4.69, 9.17) is 5.11 Å². The molecular formula is C16H23NO4S. The number of hydrogen-bond donors (Lipinski definition) is 2. The second-order valence-corrected chi connectivity index (χ2v) is 8.26. The van der Waals surface area contributed by atoms with Gasteiger partial charge in [-0.25, -0.2) is 17.9 Å². The topological polar surface area (TPSA) is 83.5 Å². The zero-order valence-corrected chi connectivity index (χ0v) is 13.7. The number of rotatable bonds is 6. The van der Waals surface area contributed by atoms with Gasteiger partial charge in [-0.3, -0.25) is 0 Å². The fourth-order valence-electron chi connectivity index (χ4n) is 3.02. The third-order valence-electron chi connectivity index (χ3n) is 4.30. The van der Waals surface area contributed by atoms with Crippen LogP contribution in [0.4, 0.5) is 0 Å². The Balaban J connectivity index is 1.93. The van der Waals surface area contributed by atoms with E-state index in [9.17, 15) is 13.2 Å². The summed E-state index contributed by atoms with van der Waals surface area (Å²) in [4.78, 5) is 10.8. The molecule has 0 saturated heterocycles. The van der Waals surface area contributed by atoms with Crippen molar-refractivity contribution in [3.8, 4) is 0 Å². The highest BCUT2D eigenvalue weighted by atomic mass is 32.2. The smallest absolute Gasteiger partial charge is 0.335 e. The molecule has 6 heteroatoms. The maximum Gasteiger partial charge on any atom is 0.335 e. The van der Waals surface area contributed by atoms with E-state index in [0.717, 1.165) is 31.2 Å². The predicted molar refractivity (Wildman–Crippen MR) is 85.2 cm³/mol. The molecule has 1 aliphatic rings. The van der Waals surface area contributed by atoms with Crippen molar-refractivity contribution < 1.29 is 18.3 Å². The van der Waals surface area contributed by atoms with E-state index in [2.05, 4.69) is 4.72 Å². The van der Waals surface area contributed by atoms with Gasteiger partial charge in [0, 0.05) is 6.54 Å². The minimum atomic E-state index is -3.33. The Kier molecular flexibility index (Phi) is 5.24. The van der Waals surface area contributed by atoms with Gasteiger partial charge in [-0.05, 0) is 36.0 Å². The molecular weight excluding hydrogens is 302 g/mol. The van der Waals surface area contributed by atoms with Gasteiger partial charge >= 0.3 is 5.97 Å². The maximum atomic E-state index is 12.2. The van der Waals surface area contributed by atoms with Crippen LogP contribution >= 0.6 is 0 Å². The normalized spacial score (nSPS) is 18.0. The van der Waals surface area contributed by atoms with E-state index in [0.29, 0.717) is 0 Å². The van der Waals surface area contributed by atoms with Crippen molar-refractivity contribution in [1.82, 2.24) is 4.72 Å². The molecule has 1 aromatic rings. The molecule has 2 N–H and O–H groups in total. The first-order chi connectivity index (χ1) is 10.3. The summed E-state index contributed by atoms with van der Waals surface area (Å²) in [5.74, 6) is -0.829. The lowest BCUT2D eigenvalue weighted by Crippen LogP contribution is -2.36. The van der Waals surface area contributed by atoms with Gasteiger partial charge in [-0.15, -0.1) is 0 Å². The summed E-state index contributed by atoms with van der Waals surface area (Å²) in [5.41, 5.74) is 0.820. The zero-order valence-electron chi connectivity index (χ0n) is 12.8. The Morgan fingerprint density at radius 1 is 1.18 bits per heavy atom. The summed E-state index contributed by atoms with van der Waals surface area (Å²) in [6.07, 6.45) is 5.31. The predicted octanol–water partition coefficient (Wildman–Crippen LogP) is 2.77. The molecule has 0 spiro atoms. The molecule has 1 fully saturated rings. The Bertz CT molecular complexity index is 616. The lowest BCUT2D eigenvalue weighted by Gasteiger charge is -2.33. The molecule has 0 radical (unpaired) electrons. The Hall–Kier alpha value is -1.40. The molecule has 0 unspecified atom stereocenters. The van der Waals surface area contributed by atoms with Crippen LogP contribution in [0.15, 0.2) is 24.3 Å². The Labute approximate surface area is 131 Å². The van der Waals surface area contributed by atoms with Crippen molar-refractivity contribution in [2.24, 2.45) is 5.41 Å². The van der Waals surface area contributed by atoms with Crippen LogP contribution in [0.3, 0.4) is 0 Å². The van der Waals surface area contributed by atoms with Crippen molar-refractivity contribution in [1.29, 1.82) is 0 Å². The van der Waals surface area contributed by atoms with Gasteiger partial charge in [-0.2, -0.15) is 0 Å². The van der Waals surface area contributed by atoms with E-state index >= 15 is 0 Å². The van der Waals surface area contributed by atoms with Crippen LogP contribution in [0.5, 0.6) is 0 Å². The fraction of sp³-hybridized carbons (Fsp3) is 0.562. The minimum absolute atomic E-state index is 0.128. The highest BCUT2D eigenvalue weighted by Gasteiger charge is 2.32. The first kappa shape index (κ1) is 17.0. The molecule has 0 aliphatic heterocycles. The van der Waals surface area contributed by atoms with Crippen molar-refractivity contribution in [2.75, 3.05) is 5.75 Å². The number of nitrogens with one attached hydrogen (secondary N) is 1. The average molecular weight is 325 g/mol. The van der Waals surface area contributed by atoms with Crippen molar-refractivity contribution in [2.45, 2.75) is 45.6 Å². The van der Waals surface area contributed by atoms with E-state index in [-0.39, 0.29) is 23.3 Å². The highest BCUT2D eigenvalue weighted by Crippen LogP contribution is 2.36. The lowest BCUT2D eigenvalue weighted by molar-refractivity contribution is 0.0697. The molecule has 1 aliphatic carbocycles. The van der Waals surface area contributed by atoms with Crippen molar-refractivity contribution in [3.63, 3.8) is 0 Å².